The van der Waals surface area contributed by atoms with Crippen molar-refractivity contribution >= 4 is 22.5 Å². The standard InChI is InChI=1S/C10H15N3O2S/c1-7-6-16-9(11-7)12-10(15)13-4-2-8(14)3-5-13/h6,8,14H,2-5H2,1H3,(H,11,12,15). The molecule has 1 aliphatic heterocycles. The Bertz CT molecular complexity index is 372. The van der Waals surface area contributed by atoms with Crippen LogP contribution in [0.2, 0.25) is 0 Å². The first-order valence-corrected chi connectivity index (χ1v) is 6.19. The zero-order chi connectivity index (χ0) is 11.5. The summed E-state index contributed by atoms with van der Waals surface area (Å²) in [5.74, 6) is 0. The predicted octanol–water partition coefficient (Wildman–Crippen LogP) is 1.44. The number of urea groups is 1. The number of thiazole rings is 1. The van der Waals surface area contributed by atoms with E-state index in [1.807, 2.05) is 12.3 Å². The third-order valence-corrected chi connectivity index (χ3v) is 3.46. The number of carbonyl (C=O) groups excluding carboxylic acids is 1. The molecular weight excluding hydrogens is 226 g/mol. The molecule has 1 aliphatic rings. The molecule has 2 amide bonds. The average Bonchev–Trinajstić information content (AvgIpc) is 2.65. The van der Waals surface area contributed by atoms with E-state index < -0.39 is 0 Å². The van der Waals surface area contributed by atoms with E-state index in [9.17, 15) is 9.90 Å². The van der Waals surface area contributed by atoms with Crippen molar-refractivity contribution in [1.82, 2.24) is 9.88 Å². The number of nitrogens with zero attached hydrogens (tertiary/aromatic N) is 2. The second-order valence-electron chi connectivity index (χ2n) is 3.94. The Kier molecular flexibility index (Phi) is 3.40. The van der Waals surface area contributed by atoms with E-state index in [1.54, 1.807) is 4.90 Å². The van der Waals surface area contributed by atoms with Crippen molar-refractivity contribution in [2.45, 2.75) is 25.9 Å². The molecule has 1 aromatic rings. The molecule has 2 N–H and O–H groups in total. The number of likely N-dealkylation sites (tertiary alicyclic amines) is 1. The third-order valence-electron chi connectivity index (χ3n) is 2.58. The maximum atomic E-state index is 11.8. The summed E-state index contributed by atoms with van der Waals surface area (Å²) < 4.78 is 0. The van der Waals surface area contributed by atoms with Crippen LogP contribution >= 0.6 is 11.3 Å². The topological polar surface area (TPSA) is 65.5 Å². The van der Waals surface area contributed by atoms with Gasteiger partial charge in [0.15, 0.2) is 5.13 Å². The second-order valence-corrected chi connectivity index (χ2v) is 4.80. The van der Waals surface area contributed by atoms with E-state index in [4.69, 9.17) is 0 Å². The van der Waals surface area contributed by atoms with Gasteiger partial charge in [-0.1, -0.05) is 0 Å². The fourth-order valence-corrected chi connectivity index (χ4v) is 2.33. The van der Waals surface area contributed by atoms with Crippen molar-refractivity contribution in [2.75, 3.05) is 18.4 Å². The molecule has 0 aromatic carbocycles. The SMILES string of the molecule is Cc1csc(NC(=O)N2CCC(O)CC2)n1. The average molecular weight is 241 g/mol. The highest BCUT2D eigenvalue weighted by atomic mass is 32.1. The molecular formula is C10H15N3O2S. The Morgan fingerprint density at radius 2 is 2.31 bits per heavy atom. The second kappa shape index (κ2) is 4.80. The maximum absolute atomic E-state index is 11.8. The number of amides is 2. The largest absolute Gasteiger partial charge is 0.393 e. The number of rotatable bonds is 1. The van der Waals surface area contributed by atoms with Crippen molar-refractivity contribution < 1.29 is 9.90 Å². The summed E-state index contributed by atoms with van der Waals surface area (Å²) in [7, 11) is 0. The van der Waals surface area contributed by atoms with Crippen molar-refractivity contribution in [3.05, 3.63) is 11.1 Å². The Morgan fingerprint density at radius 1 is 1.62 bits per heavy atom. The molecule has 1 saturated heterocycles. The fraction of sp³-hybridized carbons (Fsp3) is 0.600. The van der Waals surface area contributed by atoms with Crippen LogP contribution in [0.25, 0.3) is 0 Å². The zero-order valence-corrected chi connectivity index (χ0v) is 9.96. The number of aliphatic hydroxyl groups is 1. The van der Waals surface area contributed by atoms with Crippen LogP contribution in [0.4, 0.5) is 9.93 Å². The molecule has 2 rings (SSSR count). The van der Waals surface area contributed by atoms with Crippen molar-refractivity contribution in [3.8, 4) is 0 Å². The number of aryl methyl sites for hydroxylation is 1. The van der Waals surface area contributed by atoms with Gasteiger partial charge in [-0.05, 0) is 19.8 Å². The lowest BCUT2D eigenvalue weighted by atomic mass is 10.1. The molecule has 1 aromatic heterocycles. The lowest BCUT2D eigenvalue weighted by Gasteiger charge is -2.29. The van der Waals surface area contributed by atoms with E-state index in [0.29, 0.717) is 31.1 Å². The molecule has 0 spiro atoms. The molecule has 0 bridgehead atoms. The number of carbonyl (C=O) groups is 1. The molecule has 0 saturated carbocycles. The van der Waals surface area contributed by atoms with Crippen LogP contribution in [0.3, 0.4) is 0 Å². The summed E-state index contributed by atoms with van der Waals surface area (Å²) in [5.41, 5.74) is 0.911. The number of aromatic nitrogens is 1. The minimum absolute atomic E-state index is 0.124. The summed E-state index contributed by atoms with van der Waals surface area (Å²) in [6.07, 6.45) is 1.06. The highest BCUT2D eigenvalue weighted by molar-refractivity contribution is 7.13. The first-order valence-electron chi connectivity index (χ1n) is 5.31. The normalized spacial score (nSPS) is 17.5. The number of hydrogen-bond donors (Lipinski definition) is 2. The molecule has 0 atom stereocenters. The highest BCUT2D eigenvalue weighted by Crippen LogP contribution is 2.16. The van der Waals surface area contributed by atoms with Gasteiger partial charge in [-0.2, -0.15) is 0 Å². The quantitative estimate of drug-likeness (QED) is 0.782. The molecule has 88 valence electrons. The first-order chi connectivity index (χ1) is 7.65. The Hall–Kier alpha value is -1.14. The number of nitrogens with one attached hydrogen (secondary N) is 1. The van der Waals surface area contributed by atoms with E-state index in [-0.39, 0.29) is 12.1 Å². The summed E-state index contributed by atoms with van der Waals surface area (Å²) in [5, 5.41) is 14.6. The van der Waals surface area contributed by atoms with Crippen LogP contribution < -0.4 is 5.32 Å². The van der Waals surface area contributed by atoms with Crippen molar-refractivity contribution in [1.29, 1.82) is 0 Å². The van der Waals surface area contributed by atoms with Crippen LogP contribution in [-0.2, 0) is 0 Å². The van der Waals surface area contributed by atoms with Crippen LogP contribution in [0, 0.1) is 6.92 Å². The molecule has 16 heavy (non-hydrogen) atoms. The van der Waals surface area contributed by atoms with E-state index in [0.717, 1.165) is 5.69 Å². The zero-order valence-electron chi connectivity index (χ0n) is 9.14. The van der Waals surface area contributed by atoms with E-state index in [2.05, 4.69) is 10.3 Å². The van der Waals surface area contributed by atoms with Gasteiger partial charge in [0, 0.05) is 18.5 Å². The lowest BCUT2D eigenvalue weighted by Crippen LogP contribution is -2.42. The Labute approximate surface area is 98.1 Å². The number of piperidine rings is 1. The Balaban J connectivity index is 1.88. The van der Waals surface area contributed by atoms with Crippen LogP contribution in [-0.4, -0.2) is 40.2 Å². The van der Waals surface area contributed by atoms with Gasteiger partial charge in [-0.25, -0.2) is 9.78 Å². The van der Waals surface area contributed by atoms with E-state index >= 15 is 0 Å². The van der Waals surface area contributed by atoms with Crippen molar-refractivity contribution in [2.24, 2.45) is 0 Å². The van der Waals surface area contributed by atoms with Gasteiger partial charge < -0.3 is 10.0 Å². The summed E-state index contributed by atoms with van der Waals surface area (Å²) >= 11 is 1.42. The van der Waals surface area contributed by atoms with Gasteiger partial charge in [0.2, 0.25) is 0 Å². The monoisotopic (exact) mass is 241 g/mol. The van der Waals surface area contributed by atoms with Crippen LogP contribution in [0.1, 0.15) is 18.5 Å². The molecule has 6 heteroatoms. The molecule has 0 unspecified atom stereocenters. The van der Waals surface area contributed by atoms with Gasteiger partial charge in [0.25, 0.3) is 0 Å². The fourth-order valence-electron chi connectivity index (χ4n) is 1.65. The molecule has 0 radical (unpaired) electrons. The van der Waals surface area contributed by atoms with Crippen LogP contribution in [0.5, 0.6) is 0 Å². The van der Waals surface area contributed by atoms with Gasteiger partial charge in [0.1, 0.15) is 0 Å². The van der Waals surface area contributed by atoms with Crippen LogP contribution in [0.15, 0.2) is 5.38 Å². The summed E-state index contributed by atoms with van der Waals surface area (Å²) in [6.45, 7) is 3.11. The Morgan fingerprint density at radius 3 is 2.88 bits per heavy atom. The lowest BCUT2D eigenvalue weighted by molar-refractivity contribution is 0.0972. The number of anilines is 1. The van der Waals surface area contributed by atoms with Gasteiger partial charge in [-0.15, -0.1) is 11.3 Å². The maximum Gasteiger partial charge on any atom is 0.323 e. The van der Waals surface area contributed by atoms with Gasteiger partial charge in [-0.3, -0.25) is 5.32 Å². The molecule has 2 heterocycles. The molecule has 1 fully saturated rings. The van der Waals surface area contributed by atoms with Gasteiger partial charge in [0.05, 0.1) is 11.8 Å². The molecule has 0 aliphatic carbocycles. The van der Waals surface area contributed by atoms with Crippen molar-refractivity contribution in [3.63, 3.8) is 0 Å². The third kappa shape index (κ3) is 2.70. The van der Waals surface area contributed by atoms with E-state index in [1.165, 1.54) is 11.3 Å². The predicted molar refractivity (Wildman–Crippen MR) is 62.7 cm³/mol. The summed E-state index contributed by atoms with van der Waals surface area (Å²) in [6, 6.07) is -0.124. The minimum atomic E-state index is -0.258. The smallest absolute Gasteiger partial charge is 0.323 e. The number of aliphatic hydroxyl groups excluding tert-OH is 1. The highest BCUT2D eigenvalue weighted by Gasteiger charge is 2.21. The number of hydrogen-bond acceptors (Lipinski definition) is 4. The first kappa shape index (κ1) is 11.3. The summed E-state index contributed by atoms with van der Waals surface area (Å²) in [4.78, 5) is 17.7. The molecule has 5 nitrogen and oxygen atoms in total. The minimum Gasteiger partial charge on any atom is -0.393 e. The van der Waals surface area contributed by atoms with Gasteiger partial charge >= 0.3 is 6.03 Å².